The fourth-order valence-electron chi connectivity index (χ4n) is 1.36. The third kappa shape index (κ3) is 2.52. The van der Waals surface area contributed by atoms with E-state index < -0.39 is 4.92 Å². The highest BCUT2D eigenvalue weighted by molar-refractivity contribution is 5.49. The van der Waals surface area contributed by atoms with Crippen molar-refractivity contribution in [1.29, 1.82) is 0 Å². The number of hydrogen-bond acceptors (Lipinski definition) is 4. The monoisotopic (exact) mass is 230 g/mol. The van der Waals surface area contributed by atoms with Gasteiger partial charge in [0.15, 0.2) is 0 Å². The summed E-state index contributed by atoms with van der Waals surface area (Å²) in [5.74, 6) is 0.718. The van der Waals surface area contributed by atoms with Gasteiger partial charge in [0.05, 0.1) is 4.92 Å². The van der Waals surface area contributed by atoms with Crippen molar-refractivity contribution in [2.75, 3.05) is 5.73 Å². The molecule has 2 N–H and O–H groups in total. The summed E-state index contributed by atoms with van der Waals surface area (Å²) in [6, 6.07) is 12.9. The molecule has 0 amide bonds. The van der Waals surface area contributed by atoms with E-state index in [4.69, 9.17) is 10.5 Å². The van der Waals surface area contributed by atoms with Gasteiger partial charge in [-0.1, -0.05) is 12.1 Å². The van der Waals surface area contributed by atoms with E-state index in [1.54, 1.807) is 42.5 Å². The van der Waals surface area contributed by atoms with Crippen LogP contribution < -0.4 is 10.5 Å². The van der Waals surface area contributed by atoms with Crippen LogP contribution in [0.25, 0.3) is 0 Å². The molecule has 2 aromatic rings. The Morgan fingerprint density at radius 1 is 1.06 bits per heavy atom. The first-order valence-electron chi connectivity index (χ1n) is 4.93. The minimum Gasteiger partial charge on any atom is -0.450 e. The van der Waals surface area contributed by atoms with Gasteiger partial charge >= 0.3 is 5.69 Å². The Morgan fingerprint density at radius 3 is 2.35 bits per heavy atom. The quantitative estimate of drug-likeness (QED) is 0.499. The van der Waals surface area contributed by atoms with Crippen LogP contribution in [-0.4, -0.2) is 4.92 Å². The molecule has 17 heavy (non-hydrogen) atoms. The minimum absolute atomic E-state index is 0.0654. The van der Waals surface area contributed by atoms with Gasteiger partial charge in [0.2, 0.25) is 5.75 Å². The fourth-order valence-corrected chi connectivity index (χ4v) is 1.36. The van der Waals surface area contributed by atoms with Crippen molar-refractivity contribution in [2.24, 2.45) is 0 Å². The highest BCUT2D eigenvalue weighted by atomic mass is 16.6. The fraction of sp³-hybridized carbons (Fsp3) is 0. The zero-order valence-corrected chi connectivity index (χ0v) is 8.87. The van der Waals surface area contributed by atoms with Crippen LogP contribution in [0.2, 0.25) is 0 Å². The van der Waals surface area contributed by atoms with Gasteiger partial charge in [-0.05, 0) is 30.3 Å². The van der Waals surface area contributed by atoms with E-state index in [1.165, 1.54) is 6.07 Å². The van der Waals surface area contributed by atoms with E-state index >= 15 is 0 Å². The Kier molecular flexibility index (Phi) is 2.91. The Balaban J connectivity index is 2.30. The molecule has 0 aliphatic heterocycles. The van der Waals surface area contributed by atoms with Crippen molar-refractivity contribution < 1.29 is 9.66 Å². The molecule has 2 rings (SSSR count). The second-order valence-corrected chi connectivity index (χ2v) is 3.40. The molecule has 5 heteroatoms. The summed E-state index contributed by atoms with van der Waals surface area (Å²) in [7, 11) is 0. The molecule has 0 aliphatic rings. The van der Waals surface area contributed by atoms with Gasteiger partial charge < -0.3 is 10.5 Å². The minimum atomic E-state index is -0.480. The van der Waals surface area contributed by atoms with Crippen LogP contribution in [0.15, 0.2) is 48.5 Å². The summed E-state index contributed by atoms with van der Waals surface area (Å²) < 4.78 is 5.43. The first kappa shape index (κ1) is 10.9. The van der Waals surface area contributed by atoms with Crippen molar-refractivity contribution in [1.82, 2.24) is 0 Å². The van der Waals surface area contributed by atoms with Crippen LogP contribution in [-0.2, 0) is 0 Å². The summed E-state index contributed by atoms with van der Waals surface area (Å²) in [6.07, 6.45) is 0. The predicted octanol–water partition coefficient (Wildman–Crippen LogP) is 2.97. The van der Waals surface area contributed by atoms with E-state index in [1.807, 2.05) is 0 Å². The highest BCUT2D eigenvalue weighted by Gasteiger charge is 2.13. The molecule has 0 saturated heterocycles. The molecule has 0 bridgehead atoms. The molecule has 0 spiro atoms. The molecular weight excluding hydrogens is 220 g/mol. The van der Waals surface area contributed by atoms with Crippen LogP contribution in [0.1, 0.15) is 0 Å². The number of nitrogens with zero attached hydrogens (tertiary/aromatic N) is 1. The average molecular weight is 230 g/mol. The van der Waals surface area contributed by atoms with Gasteiger partial charge in [-0.2, -0.15) is 0 Å². The molecule has 0 unspecified atom stereocenters. The van der Waals surface area contributed by atoms with Crippen LogP contribution in [0, 0.1) is 10.1 Å². The summed E-state index contributed by atoms with van der Waals surface area (Å²) in [4.78, 5) is 10.3. The largest absolute Gasteiger partial charge is 0.450 e. The number of nitrogen functional groups attached to an aromatic ring is 1. The first-order valence-corrected chi connectivity index (χ1v) is 4.93. The lowest BCUT2D eigenvalue weighted by Crippen LogP contribution is -1.93. The first-order chi connectivity index (χ1) is 8.16. The Labute approximate surface area is 97.6 Å². The summed E-state index contributed by atoms with van der Waals surface area (Å²) in [6.45, 7) is 0. The van der Waals surface area contributed by atoms with E-state index in [2.05, 4.69) is 0 Å². The maximum Gasteiger partial charge on any atom is 0.311 e. The molecule has 0 saturated carbocycles. The van der Waals surface area contributed by atoms with E-state index in [9.17, 15) is 10.1 Å². The number of rotatable bonds is 3. The van der Waals surface area contributed by atoms with Crippen molar-refractivity contribution in [2.45, 2.75) is 0 Å². The van der Waals surface area contributed by atoms with Crippen molar-refractivity contribution >= 4 is 11.4 Å². The number of benzene rings is 2. The second kappa shape index (κ2) is 4.52. The Hall–Kier alpha value is -2.56. The zero-order valence-electron chi connectivity index (χ0n) is 8.87. The molecule has 2 aromatic carbocycles. The lowest BCUT2D eigenvalue weighted by molar-refractivity contribution is -0.385. The normalized spacial score (nSPS) is 9.88. The zero-order chi connectivity index (χ0) is 12.3. The number of ether oxygens (including phenoxy) is 1. The van der Waals surface area contributed by atoms with Gasteiger partial charge in [-0.3, -0.25) is 10.1 Å². The predicted molar refractivity (Wildman–Crippen MR) is 64.0 cm³/mol. The topological polar surface area (TPSA) is 78.4 Å². The molecule has 0 radical (unpaired) electrons. The number of hydrogen-bond donors (Lipinski definition) is 1. The van der Waals surface area contributed by atoms with Crippen molar-refractivity contribution in [3.8, 4) is 11.5 Å². The summed E-state index contributed by atoms with van der Waals surface area (Å²) >= 11 is 0. The average Bonchev–Trinajstić information content (AvgIpc) is 2.32. The van der Waals surface area contributed by atoms with Crippen molar-refractivity contribution in [3.05, 3.63) is 58.6 Å². The van der Waals surface area contributed by atoms with Gasteiger partial charge in [0.25, 0.3) is 0 Å². The van der Waals surface area contributed by atoms with Gasteiger partial charge in [-0.25, -0.2) is 0 Å². The van der Waals surface area contributed by atoms with Gasteiger partial charge in [0, 0.05) is 11.8 Å². The number of nitro benzene ring substituents is 1. The van der Waals surface area contributed by atoms with E-state index in [0.717, 1.165) is 0 Å². The Bertz CT molecular complexity index is 538. The van der Waals surface area contributed by atoms with Crippen LogP contribution in [0.3, 0.4) is 0 Å². The van der Waals surface area contributed by atoms with Crippen LogP contribution in [0.4, 0.5) is 11.4 Å². The highest BCUT2D eigenvalue weighted by Crippen LogP contribution is 2.30. The van der Waals surface area contributed by atoms with Crippen LogP contribution >= 0.6 is 0 Å². The molecule has 0 aliphatic carbocycles. The van der Waals surface area contributed by atoms with Gasteiger partial charge in [-0.15, -0.1) is 0 Å². The molecule has 0 atom stereocenters. The maximum absolute atomic E-state index is 10.8. The standard InChI is InChI=1S/C12H10N2O3/c13-9-5-7-10(8-6-9)17-12-4-2-1-3-11(12)14(15)16/h1-8H,13H2. The van der Waals surface area contributed by atoms with Crippen molar-refractivity contribution in [3.63, 3.8) is 0 Å². The maximum atomic E-state index is 10.8. The molecule has 5 nitrogen and oxygen atoms in total. The molecule has 0 fully saturated rings. The third-order valence-corrected chi connectivity index (χ3v) is 2.17. The van der Waals surface area contributed by atoms with E-state index in [-0.39, 0.29) is 11.4 Å². The summed E-state index contributed by atoms with van der Waals surface area (Å²) in [5.41, 5.74) is 6.08. The lowest BCUT2D eigenvalue weighted by atomic mass is 10.3. The molecule has 0 aromatic heterocycles. The molecule has 86 valence electrons. The molecule has 0 heterocycles. The van der Waals surface area contributed by atoms with Crippen LogP contribution in [0.5, 0.6) is 11.5 Å². The molecular formula is C12H10N2O3. The van der Waals surface area contributed by atoms with E-state index in [0.29, 0.717) is 11.4 Å². The van der Waals surface area contributed by atoms with Gasteiger partial charge in [0.1, 0.15) is 5.75 Å². The Morgan fingerprint density at radius 2 is 1.71 bits per heavy atom. The number of nitro groups is 1. The number of para-hydroxylation sites is 2. The number of nitrogens with two attached hydrogens (primary N) is 1. The SMILES string of the molecule is Nc1ccc(Oc2ccccc2[N+](=O)[O-])cc1. The second-order valence-electron chi connectivity index (χ2n) is 3.40. The number of anilines is 1. The smallest absolute Gasteiger partial charge is 0.311 e. The lowest BCUT2D eigenvalue weighted by Gasteiger charge is -2.05. The third-order valence-electron chi connectivity index (χ3n) is 2.17. The summed E-state index contributed by atoms with van der Waals surface area (Å²) in [5, 5.41) is 10.8.